The number of nitrogens with one attached hydrogen (secondary N) is 2. The van der Waals surface area contributed by atoms with Crippen molar-refractivity contribution in [3.05, 3.63) is 42.2 Å². The number of rotatable bonds is 7. The summed E-state index contributed by atoms with van der Waals surface area (Å²) < 4.78 is 1.78. The molecule has 4 atom stereocenters. The Kier molecular flexibility index (Phi) is 6.85. The van der Waals surface area contributed by atoms with Gasteiger partial charge in [0.2, 0.25) is 11.0 Å². The van der Waals surface area contributed by atoms with E-state index in [1.807, 2.05) is 24.4 Å². The van der Waals surface area contributed by atoms with Crippen molar-refractivity contribution in [2.45, 2.75) is 51.8 Å². The first-order chi connectivity index (χ1) is 19.3. The van der Waals surface area contributed by atoms with Gasteiger partial charge in [-0.3, -0.25) is 9.78 Å². The van der Waals surface area contributed by atoms with Crippen LogP contribution in [0.25, 0.3) is 27.5 Å². The van der Waals surface area contributed by atoms with E-state index in [4.69, 9.17) is 4.98 Å². The number of aliphatic hydroxyl groups is 1. The Balaban J connectivity index is 1.26. The maximum atomic E-state index is 12.1. The zero-order chi connectivity index (χ0) is 28.0. The van der Waals surface area contributed by atoms with Crippen LogP contribution in [0.15, 0.2) is 36.7 Å². The van der Waals surface area contributed by atoms with Gasteiger partial charge in [-0.15, -0.1) is 10.2 Å². The van der Waals surface area contributed by atoms with Gasteiger partial charge >= 0.3 is 0 Å². The van der Waals surface area contributed by atoms with Gasteiger partial charge in [0.1, 0.15) is 12.2 Å². The number of nitrogens with zero attached hydrogens (tertiary/aromatic N) is 7. The summed E-state index contributed by atoms with van der Waals surface area (Å²) >= 11 is 1.54. The second-order valence-corrected chi connectivity index (χ2v) is 11.9. The molecule has 2 bridgehead atoms. The van der Waals surface area contributed by atoms with Crippen LogP contribution in [-0.4, -0.2) is 67.1 Å². The smallest absolute Gasteiger partial charge is 0.248 e. The third-order valence-corrected chi connectivity index (χ3v) is 8.69. The maximum absolute atomic E-state index is 12.1. The average molecular weight is 558 g/mol. The van der Waals surface area contributed by atoms with Crippen molar-refractivity contribution in [1.82, 2.24) is 30.1 Å². The van der Waals surface area contributed by atoms with Crippen LogP contribution < -0.4 is 15.5 Å². The van der Waals surface area contributed by atoms with E-state index in [2.05, 4.69) is 50.7 Å². The lowest BCUT2D eigenvalue weighted by molar-refractivity contribution is -0.129. The van der Waals surface area contributed by atoms with Crippen LogP contribution in [0.2, 0.25) is 0 Å². The number of hydrogen-bond acceptors (Lipinski definition) is 10. The highest BCUT2D eigenvalue weighted by atomic mass is 32.1. The molecule has 2 fully saturated rings. The number of hydrogen-bond donors (Lipinski definition) is 3. The van der Waals surface area contributed by atoms with Crippen molar-refractivity contribution in [2.75, 3.05) is 23.3 Å². The van der Waals surface area contributed by atoms with Gasteiger partial charge in [-0.25, -0.2) is 4.52 Å². The summed E-state index contributed by atoms with van der Waals surface area (Å²) in [5.74, 6) is 0.343. The third-order valence-electron chi connectivity index (χ3n) is 7.68. The molecule has 1 aliphatic carbocycles. The molecule has 3 N–H and O–H groups in total. The molecule has 5 heterocycles. The largest absolute Gasteiger partial charge is 0.384 e. The summed E-state index contributed by atoms with van der Waals surface area (Å²) in [6.07, 6.45) is 4.48. The van der Waals surface area contributed by atoms with Crippen molar-refractivity contribution in [2.24, 2.45) is 11.8 Å². The summed E-state index contributed by atoms with van der Waals surface area (Å²) in [6, 6.07) is 10.1. The molecule has 11 nitrogen and oxygen atoms in total. The topological polar surface area (TPSA) is 144 Å². The molecule has 4 aromatic rings. The number of nitriles is 1. The Bertz CT molecular complexity index is 1590. The molecule has 12 heteroatoms. The lowest BCUT2D eigenvalue weighted by atomic mass is 9.92. The van der Waals surface area contributed by atoms with Crippen LogP contribution in [0.4, 0.5) is 10.8 Å². The quantitative estimate of drug-likeness (QED) is 0.312. The highest BCUT2D eigenvalue weighted by Gasteiger charge is 2.43. The molecule has 0 spiro atoms. The van der Waals surface area contributed by atoms with Crippen LogP contribution >= 0.6 is 11.3 Å². The van der Waals surface area contributed by atoms with Crippen molar-refractivity contribution in [3.63, 3.8) is 0 Å². The van der Waals surface area contributed by atoms with Gasteiger partial charge in [0.15, 0.2) is 5.01 Å². The van der Waals surface area contributed by atoms with Crippen LogP contribution in [0.1, 0.15) is 39.2 Å². The van der Waals surface area contributed by atoms with E-state index in [-0.39, 0.29) is 18.0 Å². The first kappa shape index (κ1) is 26.2. The zero-order valence-electron chi connectivity index (χ0n) is 22.6. The fourth-order valence-corrected chi connectivity index (χ4v) is 6.69. The van der Waals surface area contributed by atoms with E-state index in [0.717, 1.165) is 64.2 Å². The van der Waals surface area contributed by atoms with E-state index in [1.54, 1.807) is 28.1 Å². The van der Waals surface area contributed by atoms with Crippen molar-refractivity contribution >= 4 is 33.6 Å². The minimum absolute atomic E-state index is 0.0930. The van der Waals surface area contributed by atoms with E-state index in [9.17, 15) is 15.2 Å². The lowest BCUT2D eigenvalue weighted by Crippen LogP contribution is -2.54. The van der Waals surface area contributed by atoms with Crippen molar-refractivity contribution in [3.8, 4) is 28.0 Å². The number of carbonyl (C=O) groups excluding carboxylic acids is 1. The Labute approximate surface area is 235 Å². The Morgan fingerprint density at radius 2 is 1.93 bits per heavy atom. The number of anilines is 2. The first-order valence-corrected chi connectivity index (χ1v) is 14.3. The Morgan fingerprint density at radius 3 is 2.62 bits per heavy atom. The molecule has 206 valence electrons. The summed E-state index contributed by atoms with van der Waals surface area (Å²) in [4.78, 5) is 19.2. The molecule has 4 aromatic heterocycles. The fourth-order valence-electron chi connectivity index (χ4n) is 5.80. The van der Waals surface area contributed by atoms with Gasteiger partial charge in [0.25, 0.3) is 0 Å². The van der Waals surface area contributed by atoms with Crippen LogP contribution in [-0.2, 0) is 4.79 Å². The second kappa shape index (κ2) is 10.5. The number of carbonyl (C=O) groups is 1. The average Bonchev–Trinajstić information content (AvgIpc) is 3.64. The zero-order valence-corrected chi connectivity index (χ0v) is 23.4. The molecule has 0 aromatic carbocycles. The second-order valence-electron chi connectivity index (χ2n) is 10.9. The maximum Gasteiger partial charge on any atom is 0.248 e. The molecule has 40 heavy (non-hydrogen) atoms. The van der Waals surface area contributed by atoms with Crippen LogP contribution in [0, 0.1) is 23.2 Å². The highest BCUT2D eigenvalue weighted by molar-refractivity contribution is 7.18. The molecule has 0 radical (unpaired) electrons. The highest BCUT2D eigenvalue weighted by Crippen LogP contribution is 2.41. The van der Waals surface area contributed by atoms with Gasteiger partial charge in [-0.1, -0.05) is 11.3 Å². The molecule has 2 aliphatic rings. The van der Waals surface area contributed by atoms with Crippen molar-refractivity contribution < 1.29 is 9.90 Å². The third kappa shape index (κ3) is 4.87. The summed E-state index contributed by atoms with van der Waals surface area (Å²) in [7, 11) is 0. The predicted molar refractivity (Wildman–Crippen MR) is 153 cm³/mol. The van der Waals surface area contributed by atoms with E-state index < -0.39 is 6.10 Å². The first-order valence-electron chi connectivity index (χ1n) is 13.5. The monoisotopic (exact) mass is 557 g/mol. The summed E-state index contributed by atoms with van der Waals surface area (Å²) in [5, 5.41) is 40.6. The van der Waals surface area contributed by atoms with Gasteiger partial charge in [0.05, 0.1) is 34.2 Å². The van der Waals surface area contributed by atoms with Gasteiger partial charge in [-0.2, -0.15) is 10.4 Å². The van der Waals surface area contributed by atoms with Gasteiger partial charge in [-0.05, 0) is 69.7 Å². The van der Waals surface area contributed by atoms with Gasteiger partial charge < -0.3 is 20.6 Å². The Hall–Kier alpha value is -4.08. The fraction of sp³-hybridized carbons (Fsp3) is 0.429. The summed E-state index contributed by atoms with van der Waals surface area (Å²) in [5.41, 5.74) is 4.71. The number of pyridine rings is 1. The molecular weight excluding hydrogens is 526 g/mol. The minimum Gasteiger partial charge on any atom is -0.384 e. The van der Waals surface area contributed by atoms with E-state index in [1.165, 1.54) is 6.92 Å². The predicted octanol–water partition coefficient (Wildman–Crippen LogP) is 3.32. The molecule has 1 saturated carbocycles. The summed E-state index contributed by atoms with van der Waals surface area (Å²) in [6.45, 7) is 7.27. The molecule has 1 aliphatic heterocycles. The van der Waals surface area contributed by atoms with Crippen LogP contribution in [0.3, 0.4) is 0 Å². The molecule has 0 unspecified atom stereocenters. The van der Waals surface area contributed by atoms with Crippen molar-refractivity contribution in [1.29, 1.82) is 5.26 Å². The lowest BCUT2D eigenvalue weighted by Gasteiger charge is -2.38. The molecule has 6 rings (SSSR count). The SMILES string of the molecule is CC(C)Nc1cc(-c2ccc3cc(C#N)cnn23)ncc1-c1nnc(N2C[C@H]3CC[C@@H](C2)[C@@H]3NC(=O)[C@H](C)O)s1. The minimum atomic E-state index is -0.999. The van der Waals surface area contributed by atoms with E-state index >= 15 is 0 Å². The number of aromatic nitrogens is 5. The van der Waals surface area contributed by atoms with Gasteiger partial charge in [0, 0.05) is 37.1 Å². The number of aliphatic hydroxyl groups excluding tert-OH is 1. The number of fused-ring (bicyclic) bond motifs is 3. The number of amides is 1. The molecular formula is C28H31N9O2S. The number of piperidine rings is 1. The molecule has 1 amide bonds. The molecule has 1 saturated heterocycles. The van der Waals surface area contributed by atoms with Crippen LogP contribution in [0.5, 0.6) is 0 Å². The standard InChI is InChI=1S/C28H31N9O2S/c1-15(2)32-22-9-23(24-7-6-20-8-17(10-29)11-31-37(20)24)30-12-21(22)27-34-35-28(40-27)36-13-18-4-5-19(14-36)25(18)33-26(39)16(3)38/h6-9,11-12,15-16,18-19,25,38H,4-5,13-14H2,1-3H3,(H,30,32)(H,33,39)/t16-,18-,19+,25-/m0/s1. The Morgan fingerprint density at radius 1 is 1.15 bits per heavy atom. The normalized spacial score (nSPS) is 21.0. The van der Waals surface area contributed by atoms with E-state index in [0.29, 0.717) is 17.4 Å².